The number of benzene rings is 1. The molecule has 0 aliphatic carbocycles. The average Bonchev–Trinajstić information content (AvgIpc) is 2.62. The summed E-state index contributed by atoms with van der Waals surface area (Å²) in [6.45, 7) is 7.23. The largest absolute Gasteiger partial charge is 0.333 e. The Bertz CT molecular complexity index is 582. The predicted molar refractivity (Wildman–Crippen MR) is 79.4 cm³/mol. The lowest BCUT2D eigenvalue weighted by Gasteiger charge is -2.10. The number of imidazole rings is 1. The van der Waals surface area contributed by atoms with Crippen LogP contribution < -0.4 is 5.32 Å². The molecule has 3 heteroatoms. The quantitative estimate of drug-likeness (QED) is 0.912. The zero-order valence-corrected chi connectivity index (χ0v) is 12.5. The molecule has 0 fully saturated rings. The van der Waals surface area contributed by atoms with Crippen molar-refractivity contribution in [3.05, 3.63) is 52.1 Å². The maximum absolute atomic E-state index is 4.65. The fourth-order valence-electron chi connectivity index (χ4n) is 2.47. The van der Waals surface area contributed by atoms with Gasteiger partial charge in [0.1, 0.15) is 5.82 Å². The number of rotatable bonds is 4. The van der Waals surface area contributed by atoms with Crippen LogP contribution in [0, 0.1) is 20.8 Å². The Morgan fingerprint density at radius 1 is 1.21 bits per heavy atom. The van der Waals surface area contributed by atoms with E-state index >= 15 is 0 Å². The second kappa shape index (κ2) is 5.57. The third kappa shape index (κ3) is 2.87. The number of aryl methyl sites for hydroxylation is 3. The molecule has 1 aromatic carbocycles. The maximum Gasteiger partial charge on any atom is 0.122 e. The van der Waals surface area contributed by atoms with Crippen molar-refractivity contribution >= 4 is 0 Å². The molecule has 0 bridgehead atoms. The van der Waals surface area contributed by atoms with Crippen LogP contribution in [0.25, 0.3) is 0 Å². The molecule has 0 saturated carbocycles. The van der Waals surface area contributed by atoms with E-state index in [1.54, 1.807) is 0 Å². The highest BCUT2D eigenvalue weighted by Crippen LogP contribution is 2.18. The molecule has 1 aromatic heterocycles. The fraction of sp³-hybridized carbons (Fsp3) is 0.438. The second-order valence-electron chi connectivity index (χ2n) is 5.26. The number of nitrogens with one attached hydrogen (secondary N) is 1. The van der Waals surface area contributed by atoms with Crippen LogP contribution in [0.15, 0.2) is 18.2 Å². The topological polar surface area (TPSA) is 29.9 Å². The van der Waals surface area contributed by atoms with E-state index in [1.165, 1.54) is 22.4 Å². The lowest BCUT2D eigenvalue weighted by molar-refractivity contribution is 0.695. The Balaban J connectivity index is 2.35. The van der Waals surface area contributed by atoms with Crippen molar-refractivity contribution in [1.82, 2.24) is 14.9 Å². The van der Waals surface area contributed by atoms with E-state index in [0.29, 0.717) is 0 Å². The lowest BCUT2D eigenvalue weighted by Crippen LogP contribution is -2.11. The van der Waals surface area contributed by atoms with Gasteiger partial charge >= 0.3 is 0 Å². The van der Waals surface area contributed by atoms with Gasteiger partial charge in [0.05, 0.1) is 12.2 Å². The number of aromatic nitrogens is 2. The lowest BCUT2D eigenvalue weighted by atomic mass is 10.0. The highest BCUT2D eigenvalue weighted by molar-refractivity contribution is 5.35. The SMILES string of the molecule is CNCc1nc(C)c(Cc2cc(C)ccc2C)n1C. The molecule has 0 saturated heterocycles. The van der Waals surface area contributed by atoms with E-state index in [4.69, 9.17) is 0 Å². The molecule has 1 N–H and O–H groups in total. The first kappa shape index (κ1) is 13.8. The van der Waals surface area contributed by atoms with Gasteiger partial charge in [-0.3, -0.25) is 0 Å². The summed E-state index contributed by atoms with van der Waals surface area (Å²) in [5.41, 5.74) is 6.49. The molecule has 0 unspecified atom stereocenters. The summed E-state index contributed by atoms with van der Waals surface area (Å²) in [4.78, 5) is 4.65. The molecule has 1 heterocycles. The molecule has 0 atom stereocenters. The molecule has 0 amide bonds. The highest BCUT2D eigenvalue weighted by Gasteiger charge is 2.12. The molecule has 0 aliphatic rings. The van der Waals surface area contributed by atoms with Crippen molar-refractivity contribution in [2.45, 2.75) is 33.7 Å². The van der Waals surface area contributed by atoms with Crippen molar-refractivity contribution in [3.8, 4) is 0 Å². The number of nitrogens with zero attached hydrogens (tertiary/aromatic N) is 2. The van der Waals surface area contributed by atoms with Crippen molar-refractivity contribution in [3.63, 3.8) is 0 Å². The van der Waals surface area contributed by atoms with E-state index in [2.05, 4.69) is 60.9 Å². The zero-order chi connectivity index (χ0) is 14.0. The van der Waals surface area contributed by atoms with Crippen LogP contribution in [0.1, 0.15) is 33.9 Å². The Morgan fingerprint density at radius 2 is 1.95 bits per heavy atom. The van der Waals surface area contributed by atoms with Gasteiger partial charge in [-0.05, 0) is 38.9 Å². The van der Waals surface area contributed by atoms with Crippen LogP contribution in [0.5, 0.6) is 0 Å². The number of hydrogen-bond donors (Lipinski definition) is 1. The summed E-state index contributed by atoms with van der Waals surface area (Å²) in [6.07, 6.45) is 0.951. The predicted octanol–water partition coefficient (Wildman–Crippen LogP) is 2.66. The van der Waals surface area contributed by atoms with Crippen LogP contribution in [0.2, 0.25) is 0 Å². The Hall–Kier alpha value is -1.61. The minimum atomic E-state index is 0.810. The van der Waals surface area contributed by atoms with Gasteiger partial charge in [-0.25, -0.2) is 4.98 Å². The molecule has 0 radical (unpaired) electrons. The molecular weight excluding hydrogens is 234 g/mol. The van der Waals surface area contributed by atoms with Crippen LogP contribution >= 0.6 is 0 Å². The average molecular weight is 257 g/mol. The Labute approximate surface area is 115 Å². The molecule has 19 heavy (non-hydrogen) atoms. The summed E-state index contributed by atoms with van der Waals surface area (Å²) in [6, 6.07) is 6.64. The molecule has 0 spiro atoms. The van der Waals surface area contributed by atoms with Crippen molar-refractivity contribution in [2.24, 2.45) is 7.05 Å². The van der Waals surface area contributed by atoms with Gasteiger partial charge in [0.25, 0.3) is 0 Å². The third-order valence-corrected chi connectivity index (χ3v) is 3.70. The zero-order valence-electron chi connectivity index (χ0n) is 12.5. The summed E-state index contributed by atoms with van der Waals surface area (Å²) in [7, 11) is 4.06. The second-order valence-corrected chi connectivity index (χ2v) is 5.26. The monoisotopic (exact) mass is 257 g/mol. The minimum absolute atomic E-state index is 0.810. The van der Waals surface area contributed by atoms with Gasteiger partial charge in [0.2, 0.25) is 0 Å². The van der Waals surface area contributed by atoms with E-state index in [-0.39, 0.29) is 0 Å². The fourth-order valence-corrected chi connectivity index (χ4v) is 2.47. The smallest absolute Gasteiger partial charge is 0.122 e. The molecule has 2 rings (SSSR count). The van der Waals surface area contributed by atoms with Gasteiger partial charge in [0, 0.05) is 19.2 Å². The first-order chi connectivity index (χ1) is 9.02. The number of hydrogen-bond acceptors (Lipinski definition) is 2. The van der Waals surface area contributed by atoms with Gasteiger partial charge in [0.15, 0.2) is 0 Å². The van der Waals surface area contributed by atoms with Crippen molar-refractivity contribution in [2.75, 3.05) is 7.05 Å². The van der Waals surface area contributed by atoms with Crippen molar-refractivity contribution in [1.29, 1.82) is 0 Å². The minimum Gasteiger partial charge on any atom is -0.333 e. The maximum atomic E-state index is 4.65. The summed E-state index contributed by atoms with van der Waals surface area (Å²) in [5, 5.41) is 3.17. The standard InChI is InChI=1S/C16H23N3/c1-11-6-7-12(2)14(8-11)9-15-13(3)18-16(10-17-4)19(15)5/h6-8,17H,9-10H2,1-5H3. The van der Waals surface area contributed by atoms with Gasteiger partial charge in [-0.1, -0.05) is 23.8 Å². The van der Waals surface area contributed by atoms with Gasteiger partial charge in [-0.15, -0.1) is 0 Å². The Kier molecular flexibility index (Phi) is 4.05. The third-order valence-electron chi connectivity index (χ3n) is 3.70. The molecule has 3 nitrogen and oxygen atoms in total. The van der Waals surface area contributed by atoms with Crippen LogP contribution in [0.4, 0.5) is 0 Å². The highest BCUT2D eigenvalue weighted by atomic mass is 15.1. The van der Waals surface area contributed by atoms with E-state index in [0.717, 1.165) is 24.5 Å². The summed E-state index contributed by atoms with van der Waals surface area (Å²) < 4.78 is 2.22. The molecule has 2 aromatic rings. The van der Waals surface area contributed by atoms with Gasteiger partial charge < -0.3 is 9.88 Å². The first-order valence-corrected chi connectivity index (χ1v) is 6.74. The summed E-state index contributed by atoms with van der Waals surface area (Å²) in [5.74, 6) is 1.10. The molecular formula is C16H23N3. The van der Waals surface area contributed by atoms with E-state index in [9.17, 15) is 0 Å². The van der Waals surface area contributed by atoms with Crippen LogP contribution in [0.3, 0.4) is 0 Å². The summed E-state index contributed by atoms with van der Waals surface area (Å²) >= 11 is 0. The van der Waals surface area contributed by atoms with Crippen LogP contribution in [-0.2, 0) is 20.0 Å². The van der Waals surface area contributed by atoms with Gasteiger partial charge in [-0.2, -0.15) is 0 Å². The van der Waals surface area contributed by atoms with E-state index in [1.807, 2.05) is 7.05 Å². The van der Waals surface area contributed by atoms with Crippen molar-refractivity contribution < 1.29 is 0 Å². The first-order valence-electron chi connectivity index (χ1n) is 6.74. The normalized spacial score (nSPS) is 11.0. The molecule has 0 aliphatic heterocycles. The molecule has 102 valence electrons. The van der Waals surface area contributed by atoms with E-state index < -0.39 is 0 Å². The van der Waals surface area contributed by atoms with Crippen LogP contribution in [-0.4, -0.2) is 16.6 Å². The Morgan fingerprint density at radius 3 is 2.63 bits per heavy atom.